The molecule has 4 heterocycles. The number of rotatable bonds is 8. The van der Waals surface area contributed by atoms with E-state index in [1.807, 2.05) is 13.0 Å². The molecule has 1 N–H and O–H groups in total. The lowest BCUT2D eigenvalue weighted by Gasteiger charge is -2.33. The van der Waals surface area contributed by atoms with Gasteiger partial charge in [-0.25, -0.2) is 9.78 Å². The number of aliphatic carboxylic acids is 1. The fraction of sp³-hybridized carbons (Fsp3) is 0.438. The molecule has 0 radical (unpaired) electrons. The van der Waals surface area contributed by atoms with E-state index in [0.717, 1.165) is 74.1 Å². The van der Waals surface area contributed by atoms with Crippen molar-refractivity contribution in [2.24, 2.45) is 0 Å². The van der Waals surface area contributed by atoms with Crippen molar-refractivity contribution in [3.8, 4) is 11.5 Å². The number of carboxylic acids is 1. The summed E-state index contributed by atoms with van der Waals surface area (Å²) in [5.41, 5.74) is 4.54. The summed E-state index contributed by atoms with van der Waals surface area (Å²) in [5.74, 6) is 1.25. The monoisotopic (exact) mass is 543 g/mol. The molecule has 3 aliphatic rings. The fourth-order valence-corrected chi connectivity index (χ4v) is 5.84. The highest BCUT2D eigenvalue weighted by Crippen LogP contribution is 2.49. The van der Waals surface area contributed by atoms with Gasteiger partial charge in [-0.2, -0.15) is 0 Å². The highest BCUT2D eigenvalue weighted by atomic mass is 16.7. The quantitative estimate of drug-likeness (QED) is 0.376. The van der Waals surface area contributed by atoms with E-state index >= 15 is 0 Å². The number of hydrogen-bond donors (Lipinski definition) is 1. The standard InChI is InChI=1S/C32H37N3O5/c1-21-7-9-24(10-8-21)32(3)39-28-6-4-5-27(30(28)40-32)23-11-14-34(15-12-23)20-29-33-18-25(17-22(2)31(36)37)35(29)19-26-13-16-38-26/h4-10,17-18,23,26H,11-16,19-20H2,1-3H3,(H,36,37)/b22-17+. The van der Waals surface area contributed by atoms with Crippen LogP contribution in [0.4, 0.5) is 0 Å². The number of hydrogen-bond acceptors (Lipinski definition) is 6. The van der Waals surface area contributed by atoms with Gasteiger partial charge in [0.1, 0.15) is 5.82 Å². The first kappa shape index (κ1) is 26.6. The number of ether oxygens (including phenoxy) is 3. The van der Waals surface area contributed by atoms with Gasteiger partial charge in [-0.3, -0.25) is 4.90 Å². The molecule has 210 valence electrons. The van der Waals surface area contributed by atoms with Crippen molar-refractivity contribution >= 4 is 12.0 Å². The van der Waals surface area contributed by atoms with E-state index in [-0.39, 0.29) is 6.10 Å². The smallest absolute Gasteiger partial charge is 0.331 e. The van der Waals surface area contributed by atoms with Gasteiger partial charge in [0.2, 0.25) is 0 Å². The largest absolute Gasteiger partial charge is 0.478 e. The molecule has 0 spiro atoms. The van der Waals surface area contributed by atoms with Crippen molar-refractivity contribution in [2.75, 3.05) is 19.7 Å². The molecule has 2 unspecified atom stereocenters. The van der Waals surface area contributed by atoms with Crippen LogP contribution in [0.3, 0.4) is 0 Å². The Bertz CT molecular complexity index is 1420. The minimum atomic E-state index is -0.919. The van der Waals surface area contributed by atoms with Crippen molar-refractivity contribution in [3.63, 3.8) is 0 Å². The predicted molar refractivity (Wildman–Crippen MR) is 151 cm³/mol. The number of piperidine rings is 1. The zero-order valence-corrected chi connectivity index (χ0v) is 23.4. The average Bonchev–Trinajstić information content (AvgIpc) is 3.46. The Morgan fingerprint density at radius 1 is 1.12 bits per heavy atom. The lowest BCUT2D eigenvalue weighted by molar-refractivity contribution is -0.132. The second-order valence-electron chi connectivity index (χ2n) is 11.4. The molecule has 0 aliphatic carbocycles. The van der Waals surface area contributed by atoms with Crippen LogP contribution in [-0.4, -0.2) is 51.3 Å². The summed E-state index contributed by atoms with van der Waals surface area (Å²) in [6.07, 6.45) is 6.68. The Kier molecular flexibility index (Phi) is 7.15. The third-order valence-electron chi connectivity index (χ3n) is 8.43. The molecule has 2 aromatic carbocycles. The van der Waals surface area contributed by atoms with Crippen LogP contribution in [0, 0.1) is 6.92 Å². The van der Waals surface area contributed by atoms with E-state index in [1.54, 1.807) is 19.2 Å². The third-order valence-corrected chi connectivity index (χ3v) is 8.43. The molecule has 6 rings (SSSR count). The van der Waals surface area contributed by atoms with Gasteiger partial charge in [0.25, 0.3) is 5.79 Å². The highest BCUT2D eigenvalue weighted by molar-refractivity contribution is 5.91. The highest BCUT2D eigenvalue weighted by Gasteiger charge is 2.41. The fourth-order valence-electron chi connectivity index (χ4n) is 5.84. The van der Waals surface area contributed by atoms with E-state index in [0.29, 0.717) is 18.0 Å². The number of aryl methyl sites for hydroxylation is 1. The lowest BCUT2D eigenvalue weighted by Crippen LogP contribution is -2.35. The van der Waals surface area contributed by atoms with Crippen LogP contribution in [0.15, 0.2) is 54.2 Å². The summed E-state index contributed by atoms with van der Waals surface area (Å²) in [6, 6.07) is 14.6. The number of carbonyl (C=O) groups is 1. The van der Waals surface area contributed by atoms with E-state index in [9.17, 15) is 9.90 Å². The SMILES string of the molecule is C/C(=C\c1cnc(CN2CCC(c3cccc4c3OC(C)(c3ccc(C)cc3)O4)CC2)n1CC1CCO1)C(=O)O. The van der Waals surface area contributed by atoms with Gasteiger partial charge in [-0.15, -0.1) is 0 Å². The molecule has 2 saturated heterocycles. The van der Waals surface area contributed by atoms with Gasteiger partial charge >= 0.3 is 5.97 Å². The molecule has 2 atom stereocenters. The number of benzene rings is 2. The minimum absolute atomic E-state index is 0.156. The van der Waals surface area contributed by atoms with E-state index in [1.165, 1.54) is 11.1 Å². The van der Waals surface area contributed by atoms with Crippen LogP contribution in [0.2, 0.25) is 0 Å². The molecular weight excluding hydrogens is 506 g/mol. The molecule has 1 aromatic heterocycles. The van der Waals surface area contributed by atoms with Crippen LogP contribution in [-0.2, 0) is 28.4 Å². The second-order valence-corrected chi connectivity index (χ2v) is 11.4. The van der Waals surface area contributed by atoms with Crippen molar-refractivity contribution in [3.05, 3.63) is 82.4 Å². The van der Waals surface area contributed by atoms with Gasteiger partial charge in [-0.1, -0.05) is 42.0 Å². The number of imidazole rings is 1. The maximum Gasteiger partial charge on any atom is 0.331 e. The summed E-state index contributed by atoms with van der Waals surface area (Å²) in [5, 5.41) is 9.37. The van der Waals surface area contributed by atoms with Gasteiger partial charge in [0.05, 0.1) is 31.1 Å². The first-order valence-electron chi connectivity index (χ1n) is 14.2. The lowest BCUT2D eigenvalue weighted by atomic mass is 9.88. The van der Waals surface area contributed by atoms with Gasteiger partial charge in [-0.05, 0) is 64.3 Å². The maximum absolute atomic E-state index is 11.4. The minimum Gasteiger partial charge on any atom is -0.478 e. The van der Waals surface area contributed by atoms with Crippen LogP contribution in [0.25, 0.3) is 6.08 Å². The van der Waals surface area contributed by atoms with Crippen LogP contribution in [0.5, 0.6) is 11.5 Å². The summed E-state index contributed by atoms with van der Waals surface area (Å²) >= 11 is 0. The number of nitrogens with zero attached hydrogens (tertiary/aromatic N) is 3. The topological polar surface area (TPSA) is 86.0 Å². The Morgan fingerprint density at radius 3 is 2.55 bits per heavy atom. The van der Waals surface area contributed by atoms with Gasteiger partial charge in [0.15, 0.2) is 11.5 Å². The van der Waals surface area contributed by atoms with Crippen LogP contribution < -0.4 is 9.47 Å². The Labute approximate surface area is 235 Å². The summed E-state index contributed by atoms with van der Waals surface area (Å²) in [4.78, 5) is 18.6. The number of para-hydroxylation sites is 1. The Morgan fingerprint density at radius 2 is 1.88 bits per heavy atom. The van der Waals surface area contributed by atoms with E-state index in [4.69, 9.17) is 19.2 Å². The molecule has 0 bridgehead atoms. The average molecular weight is 544 g/mol. The summed E-state index contributed by atoms with van der Waals surface area (Å²) in [6.45, 7) is 9.75. The zero-order chi connectivity index (χ0) is 27.9. The zero-order valence-electron chi connectivity index (χ0n) is 23.4. The van der Waals surface area contributed by atoms with Crippen LogP contribution >= 0.6 is 0 Å². The molecule has 2 fully saturated rings. The molecule has 0 amide bonds. The molecule has 40 heavy (non-hydrogen) atoms. The van der Waals surface area contributed by atoms with Gasteiger partial charge in [0, 0.05) is 30.2 Å². The predicted octanol–water partition coefficient (Wildman–Crippen LogP) is 5.49. The summed E-state index contributed by atoms with van der Waals surface area (Å²) < 4.78 is 20.7. The molecule has 3 aliphatic heterocycles. The van der Waals surface area contributed by atoms with Crippen molar-refractivity contribution in [2.45, 2.75) is 70.9 Å². The van der Waals surface area contributed by atoms with E-state index in [2.05, 4.69) is 52.8 Å². The Balaban J connectivity index is 1.14. The third kappa shape index (κ3) is 5.25. The number of aromatic nitrogens is 2. The first-order chi connectivity index (χ1) is 19.3. The number of carboxylic acid groups (broad SMARTS) is 1. The molecule has 8 heteroatoms. The number of likely N-dealkylation sites (tertiary alicyclic amines) is 1. The van der Waals surface area contributed by atoms with Crippen molar-refractivity contribution in [1.29, 1.82) is 0 Å². The molecular formula is C32H37N3O5. The Hall–Kier alpha value is -3.62. The van der Waals surface area contributed by atoms with Gasteiger partial charge < -0.3 is 23.9 Å². The maximum atomic E-state index is 11.4. The van der Waals surface area contributed by atoms with E-state index < -0.39 is 11.8 Å². The summed E-state index contributed by atoms with van der Waals surface area (Å²) in [7, 11) is 0. The first-order valence-corrected chi connectivity index (χ1v) is 14.2. The van der Waals surface area contributed by atoms with Crippen molar-refractivity contribution < 1.29 is 24.1 Å². The molecule has 0 saturated carbocycles. The second kappa shape index (κ2) is 10.7. The molecule has 3 aromatic rings. The van der Waals surface area contributed by atoms with Crippen LogP contribution in [0.1, 0.15) is 67.2 Å². The number of fused-ring (bicyclic) bond motifs is 1. The molecule has 8 nitrogen and oxygen atoms in total. The van der Waals surface area contributed by atoms with Crippen molar-refractivity contribution in [1.82, 2.24) is 14.5 Å². The normalized spacial score (nSPS) is 23.3.